The molecule has 2 unspecified atom stereocenters. The minimum atomic E-state index is -2.78. The molecule has 0 aromatic rings. The van der Waals surface area contributed by atoms with Gasteiger partial charge in [-0.1, -0.05) is 6.92 Å². The predicted molar refractivity (Wildman–Crippen MR) is 64.0 cm³/mol. The number of sulfone groups is 1. The van der Waals surface area contributed by atoms with Crippen LogP contribution in [0.15, 0.2) is 0 Å². The van der Waals surface area contributed by atoms with E-state index in [1.807, 2.05) is 11.8 Å². The topological polar surface area (TPSA) is 34.1 Å². The van der Waals surface area contributed by atoms with Gasteiger partial charge in [-0.3, -0.25) is 0 Å². The van der Waals surface area contributed by atoms with E-state index >= 15 is 0 Å². The van der Waals surface area contributed by atoms with Crippen molar-refractivity contribution in [2.24, 2.45) is 5.92 Å². The van der Waals surface area contributed by atoms with Crippen LogP contribution in [0.5, 0.6) is 0 Å². The largest absolute Gasteiger partial charge is 0.229 e. The molecule has 2 atom stereocenters. The summed E-state index contributed by atoms with van der Waals surface area (Å²) in [5, 5.41) is 0.254. The van der Waals surface area contributed by atoms with Crippen LogP contribution in [-0.4, -0.2) is 36.8 Å². The molecule has 0 amide bonds. The van der Waals surface area contributed by atoms with Crippen LogP contribution < -0.4 is 0 Å². The molecule has 0 N–H and O–H groups in total. The molecule has 1 heterocycles. The van der Waals surface area contributed by atoms with E-state index in [1.54, 1.807) is 6.92 Å². The summed E-state index contributed by atoms with van der Waals surface area (Å²) in [5.41, 5.74) is 0. The third-order valence-corrected chi connectivity index (χ3v) is 6.33. The zero-order valence-corrected chi connectivity index (χ0v) is 10.8. The zero-order valence-electron chi connectivity index (χ0n) is 8.41. The Bertz CT molecular complexity index is 264. The number of hydrogen-bond donors (Lipinski definition) is 0. The van der Waals surface area contributed by atoms with Crippen molar-refractivity contribution in [2.45, 2.75) is 25.1 Å². The van der Waals surface area contributed by atoms with E-state index in [0.717, 1.165) is 24.3 Å². The molecule has 2 nitrogen and oxygen atoms in total. The molecule has 0 aliphatic carbocycles. The first-order valence-corrected chi connectivity index (χ1v) is 8.38. The van der Waals surface area contributed by atoms with E-state index < -0.39 is 9.84 Å². The maximum Gasteiger partial charge on any atom is 0.150 e. The van der Waals surface area contributed by atoms with Crippen molar-refractivity contribution in [3.8, 4) is 0 Å². The highest BCUT2D eigenvalue weighted by molar-refractivity contribution is 7.99. The number of halogens is 1. The van der Waals surface area contributed by atoms with Gasteiger partial charge in [-0.15, -0.1) is 11.6 Å². The van der Waals surface area contributed by atoms with Gasteiger partial charge in [-0.25, -0.2) is 8.42 Å². The molecule has 0 spiro atoms. The fourth-order valence-corrected chi connectivity index (χ4v) is 4.36. The highest BCUT2D eigenvalue weighted by Gasteiger charge is 2.25. The van der Waals surface area contributed by atoms with Crippen molar-refractivity contribution in [1.29, 1.82) is 0 Å². The van der Waals surface area contributed by atoms with Crippen molar-refractivity contribution < 1.29 is 8.42 Å². The fraction of sp³-hybridized carbons (Fsp3) is 1.00. The van der Waals surface area contributed by atoms with Crippen LogP contribution in [0.3, 0.4) is 0 Å². The summed E-state index contributed by atoms with van der Waals surface area (Å²) in [5.74, 6) is 3.23. The summed E-state index contributed by atoms with van der Waals surface area (Å²) in [6, 6.07) is 0. The highest BCUT2D eigenvalue weighted by Crippen LogP contribution is 2.31. The second-order valence-corrected chi connectivity index (χ2v) is 7.80. The maximum atomic E-state index is 11.2. The van der Waals surface area contributed by atoms with Crippen molar-refractivity contribution in [3.05, 3.63) is 0 Å². The first kappa shape index (κ1) is 12.7. The van der Waals surface area contributed by atoms with Crippen LogP contribution in [-0.2, 0) is 9.84 Å². The summed E-state index contributed by atoms with van der Waals surface area (Å²) in [6.45, 7) is 1.70. The summed E-state index contributed by atoms with van der Waals surface area (Å²) in [7, 11) is -2.78. The van der Waals surface area contributed by atoms with E-state index in [2.05, 4.69) is 0 Å². The van der Waals surface area contributed by atoms with Gasteiger partial charge in [0.2, 0.25) is 0 Å². The molecule has 14 heavy (non-hydrogen) atoms. The Hall–Kier alpha value is 0.590. The lowest BCUT2D eigenvalue weighted by Gasteiger charge is -2.11. The first-order valence-electron chi connectivity index (χ1n) is 4.97. The van der Waals surface area contributed by atoms with Gasteiger partial charge in [-0.2, -0.15) is 11.8 Å². The molecule has 1 fully saturated rings. The van der Waals surface area contributed by atoms with Crippen molar-refractivity contribution in [3.63, 3.8) is 0 Å². The Balaban J connectivity index is 2.21. The van der Waals surface area contributed by atoms with E-state index in [0.29, 0.717) is 11.7 Å². The van der Waals surface area contributed by atoms with E-state index in [-0.39, 0.29) is 11.1 Å². The normalized spacial score (nSPS) is 28.1. The molecule has 1 aliphatic heterocycles. The first-order chi connectivity index (χ1) is 6.55. The van der Waals surface area contributed by atoms with Crippen LogP contribution in [0, 0.1) is 5.92 Å². The van der Waals surface area contributed by atoms with Crippen LogP contribution in [0.4, 0.5) is 0 Å². The third-order valence-electron chi connectivity index (χ3n) is 2.59. The molecule has 5 heteroatoms. The molecule has 1 rings (SSSR count). The average Bonchev–Trinajstić information content (AvgIpc) is 2.52. The molecule has 84 valence electrons. The van der Waals surface area contributed by atoms with Crippen LogP contribution in [0.1, 0.15) is 19.8 Å². The van der Waals surface area contributed by atoms with Crippen LogP contribution in [0.25, 0.3) is 0 Å². The van der Waals surface area contributed by atoms with E-state index in [4.69, 9.17) is 11.6 Å². The molecule has 0 bridgehead atoms. The summed E-state index contributed by atoms with van der Waals surface area (Å²) in [6.07, 6.45) is 1.73. The Kier molecular flexibility index (Phi) is 5.08. The standard InChI is InChI=1S/C9H17ClO2S2/c1-2-14(11,12)5-3-4-8-6-13-7-9(8)10/h8-9H,2-7H2,1H3. The van der Waals surface area contributed by atoms with Gasteiger partial charge in [0, 0.05) is 16.9 Å². The van der Waals surface area contributed by atoms with Crippen molar-refractivity contribution in [2.75, 3.05) is 23.0 Å². The van der Waals surface area contributed by atoms with Gasteiger partial charge in [0.1, 0.15) is 9.84 Å². The van der Waals surface area contributed by atoms with Crippen LogP contribution in [0.2, 0.25) is 0 Å². The summed E-state index contributed by atoms with van der Waals surface area (Å²) < 4.78 is 22.4. The number of hydrogen-bond acceptors (Lipinski definition) is 3. The highest BCUT2D eigenvalue weighted by atomic mass is 35.5. The SMILES string of the molecule is CCS(=O)(=O)CCCC1CSCC1Cl. The van der Waals surface area contributed by atoms with Crippen molar-refractivity contribution >= 4 is 33.2 Å². The van der Waals surface area contributed by atoms with Crippen molar-refractivity contribution in [1.82, 2.24) is 0 Å². The predicted octanol–water partition coefficient (Wildman–Crippen LogP) is 2.17. The molecule has 0 aromatic heterocycles. The minimum Gasteiger partial charge on any atom is -0.229 e. The van der Waals surface area contributed by atoms with Gasteiger partial charge >= 0.3 is 0 Å². The zero-order chi connectivity index (χ0) is 10.6. The lowest BCUT2D eigenvalue weighted by Crippen LogP contribution is -2.15. The second-order valence-electron chi connectivity index (χ2n) is 3.69. The van der Waals surface area contributed by atoms with Gasteiger partial charge in [0.15, 0.2) is 0 Å². The molecular formula is C9H17ClO2S2. The number of alkyl halides is 1. The Morgan fingerprint density at radius 2 is 2.14 bits per heavy atom. The monoisotopic (exact) mass is 256 g/mol. The molecule has 1 saturated heterocycles. The maximum absolute atomic E-state index is 11.2. The lowest BCUT2D eigenvalue weighted by molar-refractivity contribution is 0.537. The second kappa shape index (κ2) is 5.61. The third kappa shape index (κ3) is 3.99. The van der Waals surface area contributed by atoms with Gasteiger partial charge in [-0.05, 0) is 24.5 Å². The molecule has 0 saturated carbocycles. The fourth-order valence-electron chi connectivity index (χ4n) is 1.55. The Morgan fingerprint density at radius 3 is 2.64 bits per heavy atom. The molecule has 1 aliphatic rings. The molecule has 0 radical (unpaired) electrons. The van der Waals surface area contributed by atoms with Gasteiger partial charge in [0.25, 0.3) is 0 Å². The van der Waals surface area contributed by atoms with E-state index in [9.17, 15) is 8.42 Å². The number of rotatable bonds is 5. The van der Waals surface area contributed by atoms with Crippen LogP contribution >= 0.6 is 23.4 Å². The van der Waals surface area contributed by atoms with Gasteiger partial charge in [0.05, 0.1) is 5.75 Å². The summed E-state index contributed by atoms with van der Waals surface area (Å²) >= 11 is 7.96. The summed E-state index contributed by atoms with van der Waals surface area (Å²) in [4.78, 5) is 0. The minimum absolute atomic E-state index is 0.254. The average molecular weight is 257 g/mol. The van der Waals surface area contributed by atoms with E-state index in [1.165, 1.54) is 0 Å². The Labute approximate surface area is 95.7 Å². The number of thioether (sulfide) groups is 1. The quantitative estimate of drug-likeness (QED) is 0.707. The smallest absolute Gasteiger partial charge is 0.150 e. The van der Waals surface area contributed by atoms with Gasteiger partial charge < -0.3 is 0 Å². The molecule has 0 aromatic carbocycles. The lowest BCUT2D eigenvalue weighted by atomic mass is 10.0. The Morgan fingerprint density at radius 1 is 1.43 bits per heavy atom. The molecular weight excluding hydrogens is 240 g/mol.